The molecule has 1 amide bonds. The SMILES string of the molecule is CCCCn1nc(C(=O)N(C)Cc2ccc(Br)s2)ccc1=O. The molecule has 0 aliphatic carbocycles. The number of unbranched alkanes of at least 4 members (excludes halogenated alkanes) is 1. The highest BCUT2D eigenvalue weighted by Crippen LogP contribution is 2.23. The van der Waals surface area contributed by atoms with Crippen LogP contribution < -0.4 is 5.56 Å². The van der Waals surface area contributed by atoms with Crippen molar-refractivity contribution in [3.63, 3.8) is 0 Å². The Labute approximate surface area is 141 Å². The number of halogens is 1. The quantitative estimate of drug-likeness (QED) is 0.769. The lowest BCUT2D eigenvalue weighted by Gasteiger charge is -2.16. The van der Waals surface area contributed by atoms with Gasteiger partial charge in [0.15, 0.2) is 0 Å². The normalized spacial score (nSPS) is 10.7. The molecule has 0 atom stereocenters. The van der Waals surface area contributed by atoms with Crippen molar-refractivity contribution >= 4 is 33.2 Å². The Kier molecular flexibility index (Phi) is 5.90. The number of carbonyl (C=O) groups excluding carboxylic acids is 1. The number of hydrogen-bond donors (Lipinski definition) is 0. The van der Waals surface area contributed by atoms with E-state index in [9.17, 15) is 9.59 Å². The number of nitrogens with zero attached hydrogens (tertiary/aromatic N) is 3. The average Bonchev–Trinajstić information content (AvgIpc) is 2.90. The molecule has 0 aromatic carbocycles. The van der Waals surface area contributed by atoms with E-state index in [4.69, 9.17) is 0 Å². The molecule has 0 spiro atoms. The van der Waals surface area contributed by atoms with E-state index in [0.29, 0.717) is 18.8 Å². The molecule has 0 saturated heterocycles. The predicted octanol–water partition coefficient (Wildman–Crippen LogP) is 3.14. The first-order valence-corrected chi connectivity index (χ1v) is 8.70. The summed E-state index contributed by atoms with van der Waals surface area (Å²) in [6.07, 6.45) is 1.84. The number of hydrogen-bond acceptors (Lipinski definition) is 4. The van der Waals surface area contributed by atoms with Crippen LogP contribution in [0.25, 0.3) is 0 Å². The van der Waals surface area contributed by atoms with Gasteiger partial charge in [0.05, 0.1) is 10.3 Å². The molecule has 2 aromatic rings. The van der Waals surface area contributed by atoms with Crippen LogP contribution >= 0.6 is 27.3 Å². The standard InChI is InChI=1S/C15H18BrN3O2S/c1-3-4-9-19-14(20)8-6-12(17-19)15(21)18(2)10-11-5-7-13(16)22-11/h5-8H,3-4,9-10H2,1-2H3. The predicted molar refractivity (Wildman–Crippen MR) is 91.2 cm³/mol. The van der Waals surface area contributed by atoms with Gasteiger partial charge in [0.2, 0.25) is 0 Å². The molecule has 0 unspecified atom stereocenters. The summed E-state index contributed by atoms with van der Waals surface area (Å²) in [5.74, 6) is -0.185. The van der Waals surface area contributed by atoms with Crippen LogP contribution in [0.4, 0.5) is 0 Å². The zero-order chi connectivity index (χ0) is 16.1. The summed E-state index contributed by atoms with van der Waals surface area (Å²) in [5.41, 5.74) is 0.128. The second-order valence-corrected chi connectivity index (χ2v) is 7.55. The van der Waals surface area contributed by atoms with E-state index in [1.165, 1.54) is 16.8 Å². The zero-order valence-corrected chi connectivity index (χ0v) is 15.0. The highest BCUT2D eigenvalue weighted by molar-refractivity contribution is 9.11. The number of aryl methyl sites for hydroxylation is 1. The van der Waals surface area contributed by atoms with Gasteiger partial charge in [-0.2, -0.15) is 5.10 Å². The van der Waals surface area contributed by atoms with Crippen LogP contribution in [-0.4, -0.2) is 27.6 Å². The molecule has 0 aliphatic heterocycles. The summed E-state index contributed by atoms with van der Waals surface area (Å²) >= 11 is 5.00. The van der Waals surface area contributed by atoms with Crippen molar-refractivity contribution in [3.05, 3.63) is 49.0 Å². The lowest BCUT2D eigenvalue weighted by atomic mass is 10.3. The Morgan fingerprint density at radius 2 is 2.14 bits per heavy atom. The van der Waals surface area contributed by atoms with Gasteiger partial charge in [-0.1, -0.05) is 13.3 Å². The average molecular weight is 384 g/mol. The zero-order valence-electron chi connectivity index (χ0n) is 12.6. The van der Waals surface area contributed by atoms with Crippen molar-refractivity contribution in [1.29, 1.82) is 0 Å². The van der Waals surface area contributed by atoms with Crippen LogP contribution in [0, 0.1) is 0 Å². The van der Waals surface area contributed by atoms with Crippen LogP contribution in [0.2, 0.25) is 0 Å². The maximum Gasteiger partial charge on any atom is 0.274 e. The lowest BCUT2D eigenvalue weighted by Crippen LogP contribution is -2.30. The van der Waals surface area contributed by atoms with Gasteiger partial charge >= 0.3 is 0 Å². The van der Waals surface area contributed by atoms with Gasteiger partial charge in [-0.3, -0.25) is 9.59 Å². The van der Waals surface area contributed by atoms with Crippen molar-refractivity contribution in [2.24, 2.45) is 0 Å². The Morgan fingerprint density at radius 1 is 1.36 bits per heavy atom. The first kappa shape index (κ1) is 16.9. The van der Waals surface area contributed by atoms with Crippen molar-refractivity contribution in [3.8, 4) is 0 Å². The summed E-state index contributed by atoms with van der Waals surface area (Å²) in [6, 6.07) is 6.84. The van der Waals surface area contributed by atoms with Gasteiger partial charge in [-0.05, 0) is 40.5 Å². The van der Waals surface area contributed by atoms with Crippen LogP contribution in [0.3, 0.4) is 0 Å². The Hall–Kier alpha value is -1.47. The second kappa shape index (κ2) is 7.69. The fraction of sp³-hybridized carbons (Fsp3) is 0.400. The molecule has 0 aliphatic rings. The van der Waals surface area contributed by atoms with Crippen molar-refractivity contribution < 1.29 is 4.79 Å². The molecule has 118 valence electrons. The van der Waals surface area contributed by atoms with Gasteiger partial charge < -0.3 is 4.90 Å². The van der Waals surface area contributed by atoms with Crippen LogP contribution in [0.1, 0.15) is 35.1 Å². The Balaban J connectivity index is 2.12. The molecule has 0 N–H and O–H groups in total. The fourth-order valence-corrected chi connectivity index (χ4v) is 3.51. The molecule has 0 radical (unpaired) electrons. The minimum atomic E-state index is -0.185. The van der Waals surface area contributed by atoms with Crippen molar-refractivity contribution in [2.45, 2.75) is 32.9 Å². The van der Waals surface area contributed by atoms with E-state index in [1.807, 2.05) is 19.1 Å². The summed E-state index contributed by atoms with van der Waals surface area (Å²) in [4.78, 5) is 26.9. The first-order chi connectivity index (χ1) is 10.5. The molecule has 2 aromatic heterocycles. The van der Waals surface area contributed by atoms with Gasteiger partial charge in [-0.15, -0.1) is 11.3 Å². The van der Waals surface area contributed by atoms with Crippen LogP contribution in [-0.2, 0) is 13.1 Å². The summed E-state index contributed by atoms with van der Waals surface area (Å²) in [7, 11) is 1.74. The highest BCUT2D eigenvalue weighted by Gasteiger charge is 2.15. The summed E-state index contributed by atoms with van der Waals surface area (Å²) in [5, 5.41) is 4.18. The largest absolute Gasteiger partial charge is 0.335 e. The third-order valence-corrected chi connectivity index (χ3v) is 4.79. The molecule has 5 nitrogen and oxygen atoms in total. The number of rotatable bonds is 6. The molecular weight excluding hydrogens is 366 g/mol. The fourth-order valence-electron chi connectivity index (χ4n) is 1.97. The van der Waals surface area contributed by atoms with E-state index < -0.39 is 0 Å². The molecule has 22 heavy (non-hydrogen) atoms. The number of amides is 1. The molecule has 2 rings (SSSR count). The van der Waals surface area contributed by atoms with Crippen molar-refractivity contribution in [2.75, 3.05) is 7.05 Å². The van der Waals surface area contributed by atoms with E-state index in [2.05, 4.69) is 21.0 Å². The van der Waals surface area contributed by atoms with Crippen molar-refractivity contribution in [1.82, 2.24) is 14.7 Å². The van der Waals surface area contributed by atoms with E-state index in [1.54, 1.807) is 23.3 Å². The number of aromatic nitrogens is 2. The molecular formula is C15H18BrN3O2S. The van der Waals surface area contributed by atoms with Gasteiger partial charge in [0.25, 0.3) is 11.5 Å². The minimum absolute atomic E-state index is 0.171. The third kappa shape index (κ3) is 4.27. The smallest absolute Gasteiger partial charge is 0.274 e. The summed E-state index contributed by atoms with van der Waals surface area (Å²) < 4.78 is 2.40. The van der Waals surface area contributed by atoms with Crippen LogP contribution in [0.5, 0.6) is 0 Å². The minimum Gasteiger partial charge on any atom is -0.335 e. The van der Waals surface area contributed by atoms with E-state index >= 15 is 0 Å². The Morgan fingerprint density at radius 3 is 2.77 bits per heavy atom. The van der Waals surface area contributed by atoms with Gasteiger partial charge in [0.1, 0.15) is 5.69 Å². The van der Waals surface area contributed by atoms with Crippen LogP contribution in [0.15, 0.2) is 32.8 Å². The maximum absolute atomic E-state index is 12.4. The monoisotopic (exact) mass is 383 g/mol. The van der Waals surface area contributed by atoms with Gasteiger partial charge in [0, 0.05) is 24.5 Å². The first-order valence-electron chi connectivity index (χ1n) is 7.09. The molecule has 0 bridgehead atoms. The Bertz CT molecular complexity index is 711. The highest BCUT2D eigenvalue weighted by atomic mass is 79.9. The second-order valence-electron chi connectivity index (χ2n) is 5.00. The lowest BCUT2D eigenvalue weighted by molar-refractivity contribution is 0.0777. The molecule has 7 heteroatoms. The molecule has 2 heterocycles. The molecule has 0 fully saturated rings. The number of carbonyl (C=O) groups is 1. The number of thiophene rings is 1. The van der Waals surface area contributed by atoms with E-state index in [-0.39, 0.29) is 11.5 Å². The summed E-state index contributed by atoms with van der Waals surface area (Å²) in [6.45, 7) is 3.11. The topological polar surface area (TPSA) is 55.2 Å². The van der Waals surface area contributed by atoms with E-state index in [0.717, 1.165) is 21.5 Å². The maximum atomic E-state index is 12.4. The molecule has 0 saturated carbocycles. The van der Waals surface area contributed by atoms with Gasteiger partial charge in [-0.25, -0.2) is 4.68 Å². The third-order valence-electron chi connectivity index (χ3n) is 3.18.